The first-order valence-corrected chi connectivity index (χ1v) is 5.66. The van der Waals surface area contributed by atoms with Crippen LogP contribution in [0, 0.1) is 0 Å². The number of likely N-dealkylation sites (N-methyl/N-ethyl adjacent to an activating group) is 1. The van der Waals surface area contributed by atoms with Crippen LogP contribution in [0.1, 0.15) is 6.42 Å². The summed E-state index contributed by atoms with van der Waals surface area (Å²) in [5, 5.41) is 0. The Morgan fingerprint density at radius 3 is 2.50 bits per heavy atom. The lowest BCUT2D eigenvalue weighted by Gasteiger charge is -2.27. The van der Waals surface area contributed by atoms with Gasteiger partial charge in [-0.25, -0.2) is 0 Å². The van der Waals surface area contributed by atoms with Gasteiger partial charge < -0.3 is 10.6 Å². The molecule has 0 saturated carbocycles. The maximum absolute atomic E-state index is 12.2. The summed E-state index contributed by atoms with van der Waals surface area (Å²) >= 11 is 1.63. The Bertz CT molecular complexity index is 246. The van der Waals surface area contributed by atoms with Crippen molar-refractivity contribution < 1.29 is 18.0 Å². The molecule has 1 amide bonds. The van der Waals surface area contributed by atoms with E-state index in [-0.39, 0.29) is 18.4 Å². The Kier molecular flexibility index (Phi) is 5.92. The Morgan fingerprint density at radius 1 is 1.56 bits per heavy atom. The lowest BCUT2D eigenvalue weighted by molar-refractivity contribution is -0.170. The van der Waals surface area contributed by atoms with E-state index in [9.17, 15) is 18.0 Å². The normalized spacial score (nSPS) is 22.4. The fourth-order valence-electron chi connectivity index (χ4n) is 1.37. The Balaban J connectivity index is 0.00000225. The van der Waals surface area contributed by atoms with Gasteiger partial charge >= 0.3 is 6.18 Å². The van der Waals surface area contributed by atoms with Crippen molar-refractivity contribution >= 4 is 30.1 Å². The van der Waals surface area contributed by atoms with E-state index in [2.05, 4.69) is 0 Å². The van der Waals surface area contributed by atoms with Gasteiger partial charge in [-0.1, -0.05) is 0 Å². The highest BCUT2D eigenvalue weighted by Crippen LogP contribution is 2.24. The maximum atomic E-state index is 12.2. The Morgan fingerprint density at radius 2 is 2.12 bits per heavy atom. The molecule has 1 aliphatic rings. The van der Waals surface area contributed by atoms with Gasteiger partial charge in [0, 0.05) is 18.8 Å². The Hall–Kier alpha value is -0.140. The second-order valence-electron chi connectivity index (χ2n) is 3.49. The SMILES string of the molecule is CN(C(=O)C(N)C(F)(F)F)C1CCSC1.Cl. The molecule has 3 nitrogen and oxygen atoms in total. The summed E-state index contributed by atoms with van der Waals surface area (Å²) in [5.74, 6) is 0.520. The van der Waals surface area contributed by atoms with Crippen molar-refractivity contribution in [3.63, 3.8) is 0 Å². The molecule has 2 atom stereocenters. The molecule has 1 aliphatic heterocycles. The standard InChI is InChI=1S/C8H13F3N2OS.ClH/c1-13(5-2-3-15-4-5)7(14)6(12)8(9,10)11;/h5-6H,2-4,12H2,1H3;1H. The fraction of sp³-hybridized carbons (Fsp3) is 0.875. The van der Waals surface area contributed by atoms with E-state index in [1.807, 2.05) is 0 Å². The second kappa shape index (κ2) is 5.97. The summed E-state index contributed by atoms with van der Waals surface area (Å²) in [6.45, 7) is 0. The van der Waals surface area contributed by atoms with Crippen LogP contribution in [0.5, 0.6) is 0 Å². The van der Waals surface area contributed by atoms with Gasteiger partial charge in [-0.3, -0.25) is 4.79 Å². The van der Waals surface area contributed by atoms with Gasteiger partial charge in [0.1, 0.15) is 0 Å². The van der Waals surface area contributed by atoms with Crippen LogP contribution < -0.4 is 5.73 Å². The highest BCUT2D eigenvalue weighted by atomic mass is 35.5. The maximum Gasteiger partial charge on any atom is 0.412 e. The predicted molar refractivity (Wildman–Crippen MR) is 59.8 cm³/mol. The number of hydrogen-bond donors (Lipinski definition) is 1. The molecule has 1 saturated heterocycles. The fourth-order valence-corrected chi connectivity index (χ4v) is 2.63. The zero-order chi connectivity index (χ0) is 11.6. The number of nitrogens with zero attached hydrogens (tertiary/aromatic N) is 1. The number of hydrogen-bond acceptors (Lipinski definition) is 3. The van der Waals surface area contributed by atoms with Crippen molar-refractivity contribution in [3.05, 3.63) is 0 Å². The molecular weight excluding hydrogens is 265 g/mol. The molecule has 0 aromatic rings. The number of carbonyl (C=O) groups excluding carboxylic acids is 1. The molecule has 2 N–H and O–H groups in total. The van der Waals surface area contributed by atoms with E-state index >= 15 is 0 Å². The third-order valence-corrected chi connectivity index (χ3v) is 3.56. The van der Waals surface area contributed by atoms with Crippen LogP contribution in [-0.4, -0.2) is 47.6 Å². The minimum Gasteiger partial charge on any atom is -0.340 e. The van der Waals surface area contributed by atoms with Crippen LogP contribution in [0.15, 0.2) is 0 Å². The van der Waals surface area contributed by atoms with Crippen molar-refractivity contribution in [2.45, 2.75) is 24.7 Å². The minimum atomic E-state index is -4.66. The monoisotopic (exact) mass is 278 g/mol. The van der Waals surface area contributed by atoms with E-state index in [4.69, 9.17) is 5.73 Å². The predicted octanol–water partition coefficient (Wildman–Crippen LogP) is 1.26. The summed E-state index contributed by atoms with van der Waals surface area (Å²) in [5.41, 5.74) is 4.84. The van der Waals surface area contributed by atoms with Crippen LogP contribution in [0.2, 0.25) is 0 Å². The minimum absolute atomic E-state index is 0. The van der Waals surface area contributed by atoms with Crippen molar-refractivity contribution in [1.82, 2.24) is 4.90 Å². The van der Waals surface area contributed by atoms with Crippen LogP contribution in [-0.2, 0) is 4.79 Å². The largest absolute Gasteiger partial charge is 0.412 e. The lowest BCUT2D eigenvalue weighted by atomic mass is 10.2. The summed E-state index contributed by atoms with van der Waals surface area (Å²) in [6, 6.07) is -2.51. The summed E-state index contributed by atoms with van der Waals surface area (Å²) in [4.78, 5) is 12.5. The average Bonchev–Trinajstić information content (AvgIpc) is 2.65. The van der Waals surface area contributed by atoms with Gasteiger partial charge in [0.2, 0.25) is 5.91 Å². The number of alkyl halides is 3. The zero-order valence-corrected chi connectivity index (χ0v) is 10.3. The average molecular weight is 279 g/mol. The van der Waals surface area contributed by atoms with Crippen molar-refractivity contribution in [2.24, 2.45) is 5.73 Å². The molecule has 8 heteroatoms. The first-order valence-electron chi connectivity index (χ1n) is 4.50. The molecular formula is C8H14ClF3N2OS. The van der Waals surface area contributed by atoms with E-state index in [0.717, 1.165) is 17.1 Å². The highest BCUT2D eigenvalue weighted by Gasteiger charge is 2.44. The molecule has 0 aliphatic carbocycles. The molecule has 0 aromatic carbocycles. The van der Waals surface area contributed by atoms with Crippen molar-refractivity contribution in [2.75, 3.05) is 18.6 Å². The number of halogens is 4. The zero-order valence-electron chi connectivity index (χ0n) is 8.66. The summed E-state index contributed by atoms with van der Waals surface area (Å²) < 4.78 is 36.5. The number of nitrogens with two attached hydrogens (primary N) is 1. The van der Waals surface area contributed by atoms with Crippen LogP contribution in [0.4, 0.5) is 13.2 Å². The summed E-state index contributed by atoms with van der Waals surface area (Å²) in [6.07, 6.45) is -3.92. The van der Waals surface area contributed by atoms with Crippen LogP contribution >= 0.6 is 24.2 Å². The van der Waals surface area contributed by atoms with E-state index < -0.39 is 18.1 Å². The van der Waals surface area contributed by atoms with Crippen molar-refractivity contribution in [1.29, 1.82) is 0 Å². The molecule has 1 fully saturated rings. The first kappa shape index (κ1) is 15.9. The highest BCUT2D eigenvalue weighted by molar-refractivity contribution is 7.99. The summed E-state index contributed by atoms with van der Waals surface area (Å²) in [7, 11) is 1.38. The number of thioether (sulfide) groups is 1. The molecule has 96 valence electrons. The second-order valence-corrected chi connectivity index (χ2v) is 4.64. The molecule has 0 spiro atoms. The molecule has 0 radical (unpaired) electrons. The lowest BCUT2D eigenvalue weighted by Crippen LogP contribution is -2.53. The molecule has 2 unspecified atom stereocenters. The van der Waals surface area contributed by atoms with E-state index in [1.54, 1.807) is 11.8 Å². The van der Waals surface area contributed by atoms with Gasteiger partial charge in [-0.05, 0) is 12.2 Å². The van der Waals surface area contributed by atoms with E-state index in [1.165, 1.54) is 7.05 Å². The van der Waals surface area contributed by atoms with Gasteiger partial charge in [0.05, 0.1) is 0 Å². The molecule has 1 heterocycles. The third-order valence-electron chi connectivity index (χ3n) is 2.42. The molecule has 0 aromatic heterocycles. The Labute approximate surface area is 102 Å². The topological polar surface area (TPSA) is 46.3 Å². The smallest absolute Gasteiger partial charge is 0.340 e. The van der Waals surface area contributed by atoms with Crippen molar-refractivity contribution in [3.8, 4) is 0 Å². The molecule has 16 heavy (non-hydrogen) atoms. The number of rotatable bonds is 2. The third kappa shape index (κ3) is 3.71. The van der Waals surface area contributed by atoms with Gasteiger partial charge in [-0.15, -0.1) is 12.4 Å². The molecule has 0 bridgehead atoms. The van der Waals surface area contributed by atoms with Gasteiger partial charge in [-0.2, -0.15) is 24.9 Å². The van der Waals surface area contributed by atoms with E-state index in [0.29, 0.717) is 5.75 Å². The van der Waals surface area contributed by atoms with Gasteiger partial charge in [0.25, 0.3) is 0 Å². The van der Waals surface area contributed by atoms with Gasteiger partial charge in [0.15, 0.2) is 6.04 Å². The van der Waals surface area contributed by atoms with Crippen LogP contribution in [0.25, 0.3) is 0 Å². The number of amides is 1. The number of carbonyl (C=O) groups is 1. The molecule has 1 rings (SSSR count). The quantitative estimate of drug-likeness (QED) is 0.827. The van der Waals surface area contributed by atoms with Crippen LogP contribution in [0.3, 0.4) is 0 Å². The first-order chi connectivity index (χ1) is 6.84.